The number of benzene rings is 1. The molecule has 1 unspecified atom stereocenters. The molecule has 1 N–H and O–H groups in total. The van der Waals surface area contributed by atoms with Crippen LogP contribution < -0.4 is 15.8 Å². The fourth-order valence-corrected chi connectivity index (χ4v) is 4.16. The molecule has 1 aromatic carbocycles. The quantitative estimate of drug-likeness (QED) is 0.791. The van der Waals surface area contributed by atoms with Gasteiger partial charge in [0.2, 0.25) is 5.91 Å². The molecule has 1 aromatic heterocycles. The van der Waals surface area contributed by atoms with Gasteiger partial charge in [-0.15, -0.1) is 5.10 Å². The summed E-state index contributed by atoms with van der Waals surface area (Å²) in [6.07, 6.45) is 4.80. The van der Waals surface area contributed by atoms with E-state index >= 15 is 0 Å². The number of carbonyl (C=O) groups excluding carboxylic acids is 1. The summed E-state index contributed by atoms with van der Waals surface area (Å²) in [5.41, 5.74) is 1.84. The maximum Gasteiger partial charge on any atom is 0.271 e. The van der Waals surface area contributed by atoms with Gasteiger partial charge in [-0.05, 0) is 55.9 Å². The summed E-state index contributed by atoms with van der Waals surface area (Å²) in [4.78, 5) is 27.0. The second-order valence-corrected chi connectivity index (χ2v) is 8.10. The first-order valence-electron chi connectivity index (χ1n) is 11.0. The highest BCUT2D eigenvalue weighted by Crippen LogP contribution is 2.22. The lowest BCUT2D eigenvalue weighted by Gasteiger charge is -2.32. The van der Waals surface area contributed by atoms with E-state index in [-0.39, 0.29) is 23.5 Å². The Labute approximate surface area is 177 Å². The van der Waals surface area contributed by atoms with Crippen LogP contribution in [0.3, 0.4) is 0 Å². The van der Waals surface area contributed by atoms with Crippen molar-refractivity contribution in [2.75, 3.05) is 31.1 Å². The van der Waals surface area contributed by atoms with Crippen molar-refractivity contribution in [1.82, 2.24) is 15.1 Å². The summed E-state index contributed by atoms with van der Waals surface area (Å²) >= 11 is 0. The number of aromatic nitrogens is 2. The van der Waals surface area contributed by atoms with Crippen LogP contribution in [0.4, 0.5) is 5.82 Å². The Balaban J connectivity index is 1.37. The highest BCUT2D eigenvalue weighted by Gasteiger charge is 2.27. The van der Waals surface area contributed by atoms with Crippen LogP contribution in [0.5, 0.6) is 0 Å². The molecule has 2 aromatic rings. The third kappa shape index (κ3) is 4.73. The molecule has 7 nitrogen and oxygen atoms in total. The standard InChI is InChI=1S/C23H30N4O3/c1-2-17-5-7-19(8-6-17)27-22(28)10-9-21(25-27)26-13-11-18(12-14-26)23(29)24-16-20-4-3-15-30-20/h5-10,18,20H,2-4,11-16H2,1H3,(H,24,29). The molecule has 2 fully saturated rings. The summed E-state index contributed by atoms with van der Waals surface area (Å²) in [6, 6.07) is 11.3. The number of nitrogens with zero attached hydrogens (tertiary/aromatic N) is 3. The van der Waals surface area contributed by atoms with Crippen LogP contribution in [0, 0.1) is 5.92 Å². The molecular formula is C23H30N4O3. The van der Waals surface area contributed by atoms with Crippen LogP contribution in [-0.2, 0) is 16.0 Å². The van der Waals surface area contributed by atoms with Gasteiger partial charge >= 0.3 is 0 Å². The zero-order valence-electron chi connectivity index (χ0n) is 17.5. The molecule has 4 rings (SSSR count). The average Bonchev–Trinajstić information content (AvgIpc) is 3.32. The maximum atomic E-state index is 12.5. The van der Waals surface area contributed by atoms with E-state index in [4.69, 9.17) is 4.74 Å². The van der Waals surface area contributed by atoms with Crippen LogP contribution in [0.1, 0.15) is 38.2 Å². The lowest BCUT2D eigenvalue weighted by Crippen LogP contribution is -2.43. The fourth-order valence-electron chi connectivity index (χ4n) is 4.16. The molecule has 7 heteroatoms. The van der Waals surface area contributed by atoms with Gasteiger partial charge in [-0.3, -0.25) is 9.59 Å². The molecule has 0 radical (unpaired) electrons. The number of hydrogen-bond acceptors (Lipinski definition) is 5. The topological polar surface area (TPSA) is 76.5 Å². The molecule has 0 bridgehead atoms. The Hall–Kier alpha value is -2.67. The number of piperidine rings is 1. The van der Waals surface area contributed by atoms with Crippen LogP contribution in [-0.4, -0.2) is 48.0 Å². The number of carbonyl (C=O) groups is 1. The Bertz CT molecular complexity index is 911. The Morgan fingerprint density at radius 2 is 1.90 bits per heavy atom. The SMILES string of the molecule is CCc1ccc(-n2nc(N3CCC(C(=O)NCC4CCCO4)CC3)ccc2=O)cc1. The Morgan fingerprint density at radius 3 is 2.57 bits per heavy atom. The highest BCUT2D eigenvalue weighted by molar-refractivity contribution is 5.79. The van der Waals surface area contributed by atoms with E-state index in [1.54, 1.807) is 12.1 Å². The van der Waals surface area contributed by atoms with E-state index < -0.39 is 0 Å². The number of amides is 1. The third-order valence-corrected chi connectivity index (χ3v) is 6.09. The number of ether oxygens (including phenoxy) is 1. The van der Waals surface area contributed by atoms with Gasteiger partial charge in [-0.25, -0.2) is 0 Å². The minimum absolute atomic E-state index is 0.0233. The third-order valence-electron chi connectivity index (χ3n) is 6.09. The van der Waals surface area contributed by atoms with E-state index in [9.17, 15) is 9.59 Å². The molecule has 0 spiro atoms. The van der Waals surface area contributed by atoms with Gasteiger partial charge in [0.15, 0.2) is 0 Å². The summed E-state index contributed by atoms with van der Waals surface area (Å²) in [7, 11) is 0. The van der Waals surface area contributed by atoms with Crippen molar-refractivity contribution < 1.29 is 9.53 Å². The molecule has 0 aliphatic carbocycles. The maximum absolute atomic E-state index is 12.5. The minimum atomic E-state index is -0.147. The van der Waals surface area contributed by atoms with Crippen molar-refractivity contribution in [1.29, 1.82) is 0 Å². The first kappa shape index (κ1) is 20.6. The van der Waals surface area contributed by atoms with Gasteiger partial charge in [0.25, 0.3) is 5.56 Å². The molecule has 1 amide bonds. The van der Waals surface area contributed by atoms with Crippen molar-refractivity contribution >= 4 is 11.7 Å². The number of anilines is 1. The number of aryl methyl sites for hydroxylation is 1. The molecule has 30 heavy (non-hydrogen) atoms. The molecule has 1 atom stereocenters. The number of rotatable bonds is 6. The molecular weight excluding hydrogens is 380 g/mol. The largest absolute Gasteiger partial charge is 0.376 e. The lowest BCUT2D eigenvalue weighted by molar-refractivity contribution is -0.126. The molecule has 0 saturated carbocycles. The molecule has 160 valence electrons. The molecule has 2 aliphatic heterocycles. The van der Waals surface area contributed by atoms with Crippen LogP contribution in [0.2, 0.25) is 0 Å². The predicted octanol–water partition coefficient (Wildman–Crippen LogP) is 2.31. The second-order valence-electron chi connectivity index (χ2n) is 8.10. The van der Waals surface area contributed by atoms with Crippen molar-refractivity contribution in [2.24, 2.45) is 5.92 Å². The van der Waals surface area contributed by atoms with Gasteiger partial charge in [0.1, 0.15) is 5.82 Å². The van der Waals surface area contributed by atoms with E-state index in [0.29, 0.717) is 6.54 Å². The monoisotopic (exact) mass is 410 g/mol. The van der Waals surface area contributed by atoms with E-state index in [1.165, 1.54) is 10.2 Å². The van der Waals surface area contributed by atoms with Crippen molar-refractivity contribution in [2.45, 2.75) is 45.1 Å². The van der Waals surface area contributed by atoms with Gasteiger partial charge in [0.05, 0.1) is 11.8 Å². The van der Waals surface area contributed by atoms with Crippen molar-refractivity contribution in [3.8, 4) is 5.69 Å². The molecule has 3 heterocycles. The first-order chi connectivity index (χ1) is 14.6. The van der Waals surface area contributed by atoms with Gasteiger partial charge in [-0.1, -0.05) is 19.1 Å². The summed E-state index contributed by atoms with van der Waals surface area (Å²) < 4.78 is 7.03. The Morgan fingerprint density at radius 1 is 1.13 bits per heavy atom. The van der Waals surface area contributed by atoms with E-state index in [0.717, 1.165) is 63.3 Å². The van der Waals surface area contributed by atoms with Gasteiger partial charge in [-0.2, -0.15) is 4.68 Å². The predicted molar refractivity (Wildman–Crippen MR) is 116 cm³/mol. The zero-order chi connectivity index (χ0) is 20.9. The van der Waals surface area contributed by atoms with E-state index in [1.807, 2.05) is 24.3 Å². The summed E-state index contributed by atoms with van der Waals surface area (Å²) in [5, 5.41) is 7.65. The van der Waals surface area contributed by atoms with Crippen LogP contribution in [0.15, 0.2) is 41.2 Å². The van der Waals surface area contributed by atoms with Crippen LogP contribution >= 0.6 is 0 Å². The minimum Gasteiger partial charge on any atom is -0.376 e. The smallest absolute Gasteiger partial charge is 0.271 e. The summed E-state index contributed by atoms with van der Waals surface area (Å²) in [6.45, 7) is 5.02. The highest BCUT2D eigenvalue weighted by atomic mass is 16.5. The van der Waals surface area contributed by atoms with Crippen molar-refractivity contribution in [3.63, 3.8) is 0 Å². The average molecular weight is 411 g/mol. The normalized spacial score (nSPS) is 19.8. The van der Waals surface area contributed by atoms with Gasteiger partial charge < -0.3 is 15.0 Å². The van der Waals surface area contributed by atoms with Crippen molar-refractivity contribution in [3.05, 3.63) is 52.3 Å². The van der Waals surface area contributed by atoms with E-state index in [2.05, 4.69) is 22.2 Å². The number of nitrogens with one attached hydrogen (secondary N) is 1. The molecule has 2 aliphatic rings. The fraction of sp³-hybridized carbons (Fsp3) is 0.522. The Kier molecular flexibility index (Phi) is 6.47. The summed E-state index contributed by atoms with van der Waals surface area (Å²) in [5.74, 6) is 0.918. The first-order valence-corrected chi connectivity index (χ1v) is 11.0. The van der Waals surface area contributed by atoms with Crippen LogP contribution in [0.25, 0.3) is 5.69 Å². The number of hydrogen-bond donors (Lipinski definition) is 1. The zero-order valence-corrected chi connectivity index (χ0v) is 17.5. The molecule has 2 saturated heterocycles. The van der Waals surface area contributed by atoms with Gasteiger partial charge in [0, 0.05) is 38.2 Å². The lowest BCUT2D eigenvalue weighted by atomic mass is 9.96. The second kappa shape index (κ2) is 9.43.